The molecule has 0 aromatic heterocycles. The van der Waals surface area contributed by atoms with E-state index in [4.69, 9.17) is 21.1 Å². The van der Waals surface area contributed by atoms with Crippen molar-refractivity contribution in [1.29, 1.82) is 0 Å². The fraction of sp³-hybridized carbons (Fsp3) is 0.278. The van der Waals surface area contributed by atoms with E-state index in [9.17, 15) is 18.0 Å². The van der Waals surface area contributed by atoms with Gasteiger partial charge in [-0.2, -0.15) is 0 Å². The number of carbonyl (C=O) groups is 2. The predicted molar refractivity (Wildman–Crippen MR) is 184 cm³/mol. The summed E-state index contributed by atoms with van der Waals surface area (Å²) in [7, 11) is -1.40. The fourth-order valence-electron chi connectivity index (χ4n) is 5.09. The lowest BCUT2D eigenvalue weighted by Gasteiger charge is -2.34. The van der Waals surface area contributed by atoms with Crippen LogP contribution >= 0.6 is 11.6 Å². The van der Waals surface area contributed by atoms with Gasteiger partial charge in [0, 0.05) is 24.5 Å². The number of halogens is 1. The molecule has 47 heavy (non-hydrogen) atoms. The van der Waals surface area contributed by atoms with Crippen LogP contribution in [-0.4, -0.2) is 58.5 Å². The largest absolute Gasteiger partial charge is 0.497 e. The lowest BCUT2D eigenvalue weighted by molar-refractivity contribution is -0.140. The molecule has 4 aromatic carbocycles. The number of unbranched alkanes of at least 4 members (excludes halogenated alkanes) is 1. The van der Waals surface area contributed by atoms with Crippen molar-refractivity contribution in [2.24, 2.45) is 0 Å². The van der Waals surface area contributed by atoms with Gasteiger partial charge < -0.3 is 19.7 Å². The highest BCUT2D eigenvalue weighted by Gasteiger charge is 2.35. The molecule has 0 spiro atoms. The Labute approximate surface area is 282 Å². The normalized spacial score (nSPS) is 11.7. The zero-order valence-electron chi connectivity index (χ0n) is 26.8. The van der Waals surface area contributed by atoms with Crippen molar-refractivity contribution < 1.29 is 27.5 Å². The molecule has 1 N–H and O–H groups in total. The third kappa shape index (κ3) is 9.05. The summed E-state index contributed by atoms with van der Waals surface area (Å²) in [5.41, 5.74) is 1.63. The molecule has 9 nitrogen and oxygen atoms in total. The molecule has 0 aliphatic rings. The highest BCUT2D eigenvalue weighted by molar-refractivity contribution is 7.92. The summed E-state index contributed by atoms with van der Waals surface area (Å²) in [5.74, 6) is -0.204. The van der Waals surface area contributed by atoms with Crippen LogP contribution in [0.2, 0.25) is 5.02 Å². The van der Waals surface area contributed by atoms with Crippen LogP contribution in [0.4, 0.5) is 5.69 Å². The number of sulfonamides is 1. The van der Waals surface area contributed by atoms with Gasteiger partial charge in [0.15, 0.2) is 0 Å². The van der Waals surface area contributed by atoms with Crippen molar-refractivity contribution in [2.45, 2.75) is 43.7 Å². The smallest absolute Gasteiger partial charge is 0.264 e. The molecule has 0 saturated heterocycles. The molecule has 0 bridgehead atoms. The topological polar surface area (TPSA) is 105 Å². The first-order valence-electron chi connectivity index (χ1n) is 15.3. The van der Waals surface area contributed by atoms with Gasteiger partial charge in [0.25, 0.3) is 10.0 Å². The van der Waals surface area contributed by atoms with E-state index in [2.05, 4.69) is 5.32 Å². The third-order valence-corrected chi connectivity index (χ3v) is 9.82. The van der Waals surface area contributed by atoms with E-state index in [0.29, 0.717) is 22.9 Å². The lowest BCUT2D eigenvalue weighted by atomic mass is 10.0. The molecule has 0 unspecified atom stereocenters. The first-order valence-corrected chi connectivity index (χ1v) is 17.2. The second-order valence-corrected chi connectivity index (χ2v) is 13.1. The van der Waals surface area contributed by atoms with Crippen LogP contribution in [0, 0.1) is 0 Å². The maximum atomic E-state index is 14.6. The van der Waals surface area contributed by atoms with E-state index in [0.717, 1.165) is 22.7 Å². The molecule has 11 heteroatoms. The number of rotatable bonds is 16. The van der Waals surface area contributed by atoms with Gasteiger partial charge in [-0.25, -0.2) is 8.42 Å². The van der Waals surface area contributed by atoms with Crippen LogP contribution in [0.15, 0.2) is 108 Å². The van der Waals surface area contributed by atoms with Crippen molar-refractivity contribution >= 4 is 39.1 Å². The Morgan fingerprint density at radius 1 is 0.851 bits per heavy atom. The summed E-state index contributed by atoms with van der Waals surface area (Å²) >= 11 is 6.57. The van der Waals surface area contributed by atoms with Gasteiger partial charge in [-0.3, -0.25) is 13.9 Å². The number of ether oxygens (including phenoxy) is 2. The number of nitrogens with zero attached hydrogens (tertiary/aromatic N) is 2. The summed E-state index contributed by atoms with van der Waals surface area (Å²) in [6, 6.07) is 28.0. The van der Waals surface area contributed by atoms with E-state index >= 15 is 0 Å². The molecule has 1 atom stereocenters. The number of nitrogens with one attached hydrogen (secondary N) is 1. The maximum absolute atomic E-state index is 14.6. The van der Waals surface area contributed by atoms with Gasteiger partial charge in [-0.1, -0.05) is 85.6 Å². The minimum atomic E-state index is -4.32. The Kier molecular flexibility index (Phi) is 12.7. The van der Waals surface area contributed by atoms with Crippen molar-refractivity contribution in [2.75, 3.05) is 31.6 Å². The zero-order valence-corrected chi connectivity index (χ0v) is 28.3. The SMILES string of the molecule is CCCCNC(=O)[C@H](Cc1ccccc1)N(Cc1ccccc1Cl)C(=O)CN(c1ccccc1OC)S(=O)(=O)c1ccc(OC)cc1. The van der Waals surface area contributed by atoms with E-state index in [1.165, 1.54) is 43.4 Å². The van der Waals surface area contributed by atoms with Gasteiger partial charge in [0.2, 0.25) is 11.8 Å². The first kappa shape index (κ1) is 35.3. The van der Waals surface area contributed by atoms with E-state index in [1.54, 1.807) is 48.5 Å². The summed E-state index contributed by atoms with van der Waals surface area (Å²) < 4.78 is 40.4. The standard InChI is InChI=1S/C36H40ClN3O6S/c1-4-5-23-38-36(42)33(24-27-13-7-6-8-14-27)39(25-28-15-9-10-16-31(28)37)35(41)26-40(32-17-11-12-18-34(32)46-3)47(43,44)30-21-19-29(45-2)20-22-30/h6-22,33H,4-5,23-26H2,1-3H3,(H,38,42)/t33-/m0/s1. The Bertz CT molecular complexity index is 1740. The van der Waals surface area contributed by atoms with Gasteiger partial charge >= 0.3 is 0 Å². The molecular weight excluding hydrogens is 638 g/mol. The number of hydrogen-bond donors (Lipinski definition) is 1. The molecule has 248 valence electrons. The average molecular weight is 678 g/mol. The molecule has 0 saturated carbocycles. The number of methoxy groups -OCH3 is 2. The van der Waals surface area contributed by atoms with Gasteiger partial charge in [-0.05, 0) is 60.0 Å². The molecule has 4 rings (SSSR count). The minimum absolute atomic E-state index is 0.0282. The predicted octanol–water partition coefficient (Wildman–Crippen LogP) is 6.11. The van der Waals surface area contributed by atoms with Crippen molar-refractivity contribution in [3.63, 3.8) is 0 Å². The lowest BCUT2D eigenvalue weighted by Crippen LogP contribution is -2.53. The van der Waals surface area contributed by atoms with Crippen LogP contribution < -0.4 is 19.1 Å². The maximum Gasteiger partial charge on any atom is 0.264 e. The summed E-state index contributed by atoms with van der Waals surface area (Å²) in [4.78, 5) is 29.9. The Hall–Kier alpha value is -4.54. The van der Waals surface area contributed by atoms with Crippen LogP contribution in [0.5, 0.6) is 11.5 Å². The number of hydrogen-bond acceptors (Lipinski definition) is 6. The third-order valence-electron chi connectivity index (χ3n) is 7.68. The molecular formula is C36H40ClN3O6S. The quantitative estimate of drug-likeness (QED) is 0.144. The van der Waals surface area contributed by atoms with Crippen LogP contribution in [0.25, 0.3) is 0 Å². The minimum Gasteiger partial charge on any atom is -0.497 e. The molecule has 4 aromatic rings. The van der Waals surface area contributed by atoms with Crippen LogP contribution in [-0.2, 0) is 32.6 Å². The highest BCUT2D eigenvalue weighted by Crippen LogP contribution is 2.33. The summed E-state index contributed by atoms with van der Waals surface area (Å²) in [6.45, 7) is 1.82. The van der Waals surface area contributed by atoms with Crippen LogP contribution in [0.3, 0.4) is 0 Å². The fourth-order valence-corrected chi connectivity index (χ4v) is 6.71. The molecule has 0 aliphatic heterocycles. The van der Waals surface area contributed by atoms with Crippen molar-refractivity contribution in [3.05, 3.63) is 119 Å². The first-order chi connectivity index (χ1) is 22.7. The number of amides is 2. The molecule has 0 fully saturated rings. The van der Waals surface area contributed by atoms with E-state index < -0.39 is 28.5 Å². The number of para-hydroxylation sites is 2. The number of benzene rings is 4. The Morgan fingerprint density at radius 3 is 2.17 bits per heavy atom. The molecule has 2 amide bonds. The molecule has 0 heterocycles. The summed E-state index contributed by atoms with van der Waals surface area (Å²) in [5, 5.41) is 3.40. The van der Waals surface area contributed by atoms with Crippen molar-refractivity contribution in [3.8, 4) is 11.5 Å². The Morgan fingerprint density at radius 2 is 1.51 bits per heavy atom. The Balaban J connectivity index is 1.82. The van der Waals surface area contributed by atoms with E-state index in [1.807, 2.05) is 37.3 Å². The second kappa shape index (κ2) is 16.9. The second-order valence-electron chi connectivity index (χ2n) is 10.8. The van der Waals surface area contributed by atoms with Gasteiger partial charge in [0.05, 0.1) is 24.8 Å². The van der Waals surface area contributed by atoms with Crippen LogP contribution in [0.1, 0.15) is 30.9 Å². The van der Waals surface area contributed by atoms with Gasteiger partial charge in [-0.15, -0.1) is 0 Å². The average Bonchev–Trinajstić information content (AvgIpc) is 3.09. The van der Waals surface area contributed by atoms with E-state index in [-0.39, 0.29) is 35.2 Å². The summed E-state index contributed by atoms with van der Waals surface area (Å²) in [6.07, 6.45) is 1.85. The zero-order chi connectivity index (χ0) is 33.8. The molecule has 0 aliphatic carbocycles. The highest BCUT2D eigenvalue weighted by atomic mass is 35.5. The number of carbonyl (C=O) groups excluding carboxylic acids is 2. The molecule has 0 radical (unpaired) electrons. The monoisotopic (exact) mass is 677 g/mol. The van der Waals surface area contributed by atoms with Gasteiger partial charge in [0.1, 0.15) is 24.1 Å². The number of anilines is 1. The van der Waals surface area contributed by atoms with Crippen molar-refractivity contribution in [1.82, 2.24) is 10.2 Å².